The predicted molar refractivity (Wildman–Crippen MR) is 92.1 cm³/mol. The maximum Gasteiger partial charge on any atom is 0.0406 e. The highest BCUT2D eigenvalue weighted by molar-refractivity contribution is 6.30. The predicted octanol–water partition coefficient (Wildman–Crippen LogP) is 4.52. The molecule has 0 aliphatic rings. The first-order valence-corrected chi connectivity index (χ1v) is 8.06. The quantitative estimate of drug-likeness (QED) is 0.792. The molecule has 2 aromatic rings. The average molecular weight is 302 g/mol. The minimum atomic E-state index is 0.601. The number of benzene rings is 2. The lowest BCUT2D eigenvalue weighted by atomic mass is 9.92. The van der Waals surface area contributed by atoms with Gasteiger partial charge in [0.1, 0.15) is 0 Å². The van der Waals surface area contributed by atoms with Crippen LogP contribution >= 0.6 is 11.6 Å². The lowest BCUT2D eigenvalue weighted by molar-refractivity contribution is 0.493. The van der Waals surface area contributed by atoms with E-state index in [4.69, 9.17) is 11.6 Å². The highest BCUT2D eigenvalue weighted by Crippen LogP contribution is 2.17. The molecule has 1 nitrogen and oxygen atoms in total. The summed E-state index contributed by atoms with van der Waals surface area (Å²) in [5.74, 6) is 0.601. The Bertz CT molecular complexity index is 530. The van der Waals surface area contributed by atoms with Crippen molar-refractivity contribution in [3.8, 4) is 0 Å². The van der Waals surface area contributed by atoms with Crippen LogP contribution in [-0.4, -0.2) is 13.6 Å². The summed E-state index contributed by atoms with van der Waals surface area (Å²) in [6, 6.07) is 17.2. The van der Waals surface area contributed by atoms with E-state index in [0.717, 1.165) is 30.8 Å². The van der Waals surface area contributed by atoms with E-state index < -0.39 is 0 Å². The smallest absolute Gasteiger partial charge is 0.0406 e. The van der Waals surface area contributed by atoms with E-state index in [1.807, 2.05) is 19.2 Å². The van der Waals surface area contributed by atoms with Crippen LogP contribution in [0.15, 0.2) is 48.5 Å². The molecule has 0 aliphatic heterocycles. The summed E-state index contributed by atoms with van der Waals surface area (Å²) in [4.78, 5) is 0. The zero-order valence-corrected chi connectivity index (χ0v) is 13.7. The van der Waals surface area contributed by atoms with E-state index in [0.29, 0.717) is 5.92 Å². The molecule has 112 valence electrons. The second-order valence-electron chi connectivity index (χ2n) is 5.63. The van der Waals surface area contributed by atoms with Crippen molar-refractivity contribution >= 4 is 11.6 Å². The van der Waals surface area contributed by atoms with Crippen LogP contribution in [0.3, 0.4) is 0 Å². The minimum Gasteiger partial charge on any atom is -0.319 e. The molecule has 0 aromatic heterocycles. The van der Waals surface area contributed by atoms with E-state index >= 15 is 0 Å². The molecule has 0 aliphatic carbocycles. The topological polar surface area (TPSA) is 12.0 Å². The Morgan fingerprint density at radius 1 is 0.857 bits per heavy atom. The van der Waals surface area contributed by atoms with Gasteiger partial charge in [-0.1, -0.05) is 54.9 Å². The summed E-state index contributed by atoms with van der Waals surface area (Å²) in [6.45, 7) is 3.22. The van der Waals surface area contributed by atoms with Gasteiger partial charge in [-0.25, -0.2) is 0 Å². The minimum absolute atomic E-state index is 0.601. The molecule has 2 rings (SSSR count). The van der Waals surface area contributed by atoms with Crippen LogP contribution in [0.5, 0.6) is 0 Å². The van der Waals surface area contributed by atoms with Crippen molar-refractivity contribution in [1.29, 1.82) is 0 Å². The maximum absolute atomic E-state index is 5.96. The summed E-state index contributed by atoms with van der Waals surface area (Å²) in [5, 5.41) is 4.12. The standard InChI is InChI=1S/C19H24ClN/c1-3-15-4-6-16(7-5-15)12-18(14-21-2)13-17-8-10-19(20)11-9-17/h4-11,18,21H,3,12-14H2,1-2H3. The summed E-state index contributed by atoms with van der Waals surface area (Å²) in [5.41, 5.74) is 4.17. The SMILES string of the molecule is CCc1ccc(CC(CNC)Cc2ccc(Cl)cc2)cc1. The van der Waals surface area contributed by atoms with Crippen LogP contribution < -0.4 is 5.32 Å². The van der Waals surface area contributed by atoms with E-state index in [9.17, 15) is 0 Å². The number of nitrogens with one attached hydrogen (secondary N) is 1. The van der Waals surface area contributed by atoms with Gasteiger partial charge < -0.3 is 5.32 Å². The molecular weight excluding hydrogens is 278 g/mol. The number of aryl methyl sites for hydroxylation is 1. The first kappa shape index (κ1) is 16.1. The van der Waals surface area contributed by atoms with Gasteiger partial charge in [-0.15, -0.1) is 0 Å². The van der Waals surface area contributed by atoms with Crippen molar-refractivity contribution in [1.82, 2.24) is 5.32 Å². The van der Waals surface area contributed by atoms with Gasteiger partial charge in [0, 0.05) is 5.02 Å². The lowest BCUT2D eigenvalue weighted by Crippen LogP contribution is -2.22. The van der Waals surface area contributed by atoms with E-state index in [1.165, 1.54) is 16.7 Å². The number of hydrogen-bond donors (Lipinski definition) is 1. The van der Waals surface area contributed by atoms with Crippen molar-refractivity contribution in [3.63, 3.8) is 0 Å². The summed E-state index contributed by atoms with van der Waals surface area (Å²) < 4.78 is 0. The number of rotatable bonds is 7. The van der Waals surface area contributed by atoms with Gasteiger partial charge in [0.25, 0.3) is 0 Å². The van der Waals surface area contributed by atoms with Crippen LogP contribution in [0.4, 0.5) is 0 Å². The zero-order chi connectivity index (χ0) is 15.1. The summed E-state index contributed by atoms with van der Waals surface area (Å²) in [7, 11) is 2.02. The van der Waals surface area contributed by atoms with Crippen molar-refractivity contribution in [2.75, 3.05) is 13.6 Å². The molecule has 1 atom stereocenters. The molecule has 0 fully saturated rings. The van der Waals surface area contributed by atoms with Crippen LogP contribution in [0, 0.1) is 5.92 Å². The molecule has 2 aromatic carbocycles. The Balaban J connectivity index is 2.02. The second-order valence-corrected chi connectivity index (χ2v) is 6.06. The van der Waals surface area contributed by atoms with Crippen molar-refractivity contribution < 1.29 is 0 Å². The van der Waals surface area contributed by atoms with Crippen LogP contribution in [0.2, 0.25) is 5.02 Å². The fourth-order valence-corrected chi connectivity index (χ4v) is 2.83. The zero-order valence-electron chi connectivity index (χ0n) is 12.9. The Labute approximate surface area is 133 Å². The first-order chi connectivity index (χ1) is 10.2. The Morgan fingerprint density at radius 3 is 1.81 bits per heavy atom. The van der Waals surface area contributed by atoms with Crippen LogP contribution in [-0.2, 0) is 19.3 Å². The highest BCUT2D eigenvalue weighted by Gasteiger charge is 2.10. The molecule has 0 spiro atoms. The largest absolute Gasteiger partial charge is 0.319 e. The molecule has 0 amide bonds. The maximum atomic E-state index is 5.96. The second kappa shape index (κ2) is 8.21. The van der Waals surface area contributed by atoms with Crippen molar-refractivity contribution in [2.24, 2.45) is 5.92 Å². The molecule has 0 saturated carbocycles. The Kier molecular flexibility index (Phi) is 6.28. The van der Waals surface area contributed by atoms with Crippen molar-refractivity contribution in [2.45, 2.75) is 26.2 Å². The molecule has 0 radical (unpaired) electrons. The molecule has 1 N–H and O–H groups in total. The van der Waals surface area contributed by atoms with Gasteiger partial charge in [-0.2, -0.15) is 0 Å². The Morgan fingerprint density at radius 2 is 1.33 bits per heavy atom. The van der Waals surface area contributed by atoms with Crippen LogP contribution in [0.1, 0.15) is 23.6 Å². The van der Waals surface area contributed by atoms with Crippen molar-refractivity contribution in [3.05, 3.63) is 70.2 Å². The third-order valence-electron chi connectivity index (χ3n) is 3.89. The molecule has 0 heterocycles. The highest BCUT2D eigenvalue weighted by atomic mass is 35.5. The van der Waals surface area contributed by atoms with Gasteiger partial charge in [0.15, 0.2) is 0 Å². The molecule has 2 heteroatoms. The van der Waals surface area contributed by atoms with Gasteiger partial charge in [0.05, 0.1) is 0 Å². The summed E-state index contributed by atoms with van der Waals surface area (Å²) >= 11 is 5.96. The van der Waals surface area contributed by atoms with Gasteiger partial charge >= 0.3 is 0 Å². The van der Waals surface area contributed by atoms with E-state index in [1.54, 1.807) is 0 Å². The van der Waals surface area contributed by atoms with Gasteiger partial charge in [0.2, 0.25) is 0 Å². The van der Waals surface area contributed by atoms with E-state index in [2.05, 4.69) is 48.6 Å². The number of hydrogen-bond acceptors (Lipinski definition) is 1. The average Bonchev–Trinajstić information content (AvgIpc) is 2.50. The monoisotopic (exact) mass is 301 g/mol. The molecular formula is C19H24ClN. The van der Waals surface area contributed by atoms with E-state index in [-0.39, 0.29) is 0 Å². The fourth-order valence-electron chi connectivity index (χ4n) is 2.70. The molecule has 21 heavy (non-hydrogen) atoms. The summed E-state index contributed by atoms with van der Waals surface area (Å²) in [6.07, 6.45) is 3.28. The van der Waals surface area contributed by atoms with Crippen LogP contribution in [0.25, 0.3) is 0 Å². The van der Waals surface area contributed by atoms with Gasteiger partial charge in [-0.05, 0) is 67.6 Å². The third-order valence-corrected chi connectivity index (χ3v) is 4.14. The molecule has 0 saturated heterocycles. The van der Waals surface area contributed by atoms with Gasteiger partial charge in [-0.3, -0.25) is 0 Å². The first-order valence-electron chi connectivity index (χ1n) is 7.68. The molecule has 1 unspecified atom stereocenters. The fraction of sp³-hybridized carbons (Fsp3) is 0.368. The normalized spacial score (nSPS) is 12.3. The Hall–Kier alpha value is -1.31. The number of halogens is 1. The third kappa shape index (κ3) is 5.18. The molecule has 0 bridgehead atoms. The lowest BCUT2D eigenvalue weighted by Gasteiger charge is -2.17.